The summed E-state index contributed by atoms with van der Waals surface area (Å²) >= 11 is 5.96. The molecule has 2 aromatic rings. The van der Waals surface area contributed by atoms with Crippen molar-refractivity contribution in [3.63, 3.8) is 0 Å². The Morgan fingerprint density at radius 3 is 2.58 bits per heavy atom. The summed E-state index contributed by atoms with van der Waals surface area (Å²) in [6, 6.07) is 13.4. The standard InChI is InChI=1S/C18H18ClNO4/c1-12(21)20-17(18(22)23-2)15-8-3-4-9-16(15)24-11-13-6-5-7-14(19)10-13/h3-10,17H,11H2,1-2H3,(H,20,21)/t17-/m1/s1. The van der Waals surface area contributed by atoms with Gasteiger partial charge in [-0.05, 0) is 23.8 Å². The van der Waals surface area contributed by atoms with E-state index in [2.05, 4.69) is 5.32 Å². The van der Waals surface area contributed by atoms with Crippen LogP contribution < -0.4 is 10.1 Å². The molecule has 0 heterocycles. The zero-order chi connectivity index (χ0) is 17.5. The molecule has 0 radical (unpaired) electrons. The molecule has 1 atom stereocenters. The highest BCUT2D eigenvalue weighted by molar-refractivity contribution is 6.30. The second-order valence-corrected chi connectivity index (χ2v) is 5.55. The maximum absolute atomic E-state index is 12.0. The Morgan fingerprint density at radius 1 is 1.17 bits per heavy atom. The number of hydrogen-bond donors (Lipinski definition) is 1. The number of halogens is 1. The van der Waals surface area contributed by atoms with E-state index in [1.54, 1.807) is 36.4 Å². The van der Waals surface area contributed by atoms with Gasteiger partial charge in [0.05, 0.1) is 7.11 Å². The van der Waals surface area contributed by atoms with Crippen LogP contribution in [0.5, 0.6) is 5.75 Å². The maximum atomic E-state index is 12.0. The molecule has 24 heavy (non-hydrogen) atoms. The van der Waals surface area contributed by atoms with Gasteiger partial charge in [0.25, 0.3) is 0 Å². The van der Waals surface area contributed by atoms with Gasteiger partial charge in [0.2, 0.25) is 5.91 Å². The van der Waals surface area contributed by atoms with Crippen molar-refractivity contribution in [2.24, 2.45) is 0 Å². The summed E-state index contributed by atoms with van der Waals surface area (Å²) < 4.78 is 10.6. The van der Waals surface area contributed by atoms with Crippen molar-refractivity contribution in [2.45, 2.75) is 19.6 Å². The number of amides is 1. The fraction of sp³-hybridized carbons (Fsp3) is 0.222. The summed E-state index contributed by atoms with van der Waals surface area (Å²) in [6.45, 7) is 1.62. The first-order chi connectivity index (χ1) is 11.5. The van der Waals surface area contributed by atoms with Crippen molar-refractivity contribution in [2.75, 3.05) is 7.11 Å². The van der Waals surface area contributed by atoms with E-state index >= 15 is 0 Å². The summed E-state index contributed by atoms with van der Waals surface area (Å²) in [4.78, 5) is 23.4. The highest BCUT2D eigenvalue weighted by Crippen LogP contribution is 2.27. The number of carbonyl (C=O) groups is 2. The number of nitrogens with one attached hydrogen (secondary N) is 1. The minimum atomic E-state index is -0.928. The number of esters is 1. The van der Waals surface area contributed by atoms with Gasteiger partial charge in [0.1, 0.15) is 12.4 Å². The van der Waals surface area contributed by atoms with E-state index in [0.717, 1.165) is 5.56 Å². The lowest BCUT2D eigenvalue weighted by molar-refractivity contribution is -0.145. The Bertz CT molecular complexity index is 732. The quantitative estimate of drug-likeness (QED) is 0.814. The van der Waals surface area contributed by atoms with Crippen molar-refractivity contribution >= 4 is 23.5 Å². The third-order valence-corrected chi connectivity index (χ3v) is 3.53. The van der Waals surface area contributed by atoms with E-state index in [1.807, 2.05) is 12.1 Å². The van der Waals surface area contributed by atoms with Gasteiger partial charge in [-0.1, -0.05) is 41.9 Å². The number of carbonyl (C=O) groups excluding carboxylic acids is 2. The predicted octanol–water partition coefficient (Wildman–Crippen LogP) is 3.27. The molecule has 2 rings (SSSR count). The fourth-order valence-electron chi connectivity index (χ4n) is 2.22. The summed E-state index contributed by atoms with van der Waals surface area (Å²) in [5.41, 5.74) is 1.42. The molecule has 0 aliphatic carbocycles. The second kappa shape index (κ2) is 8.36. The van der Waals surface area contributed by atoms with Crippen molar-refractivity contribution in [3.05, 3.63) is 64.7 Å². The first-order valence-electron chi connectivity index (χ1n) is 7.32. The molecule has 1 N–H and O–H groups in total. The van der Waals surface area contributed by atoms with Crippen LogP contribution in [-0.2, 0) is 20.9 Å². The summed E-state index contributed by atoms with van der Waals surface area (Å²) in [7, 11) is 1.27. The maximum Gasteiger partial charge on any atom is 0.333 e. The lowest BCUT2D eigenvalue weighted by atomic mass is 10.1. The van der Waals surface area contributed by atoms with Gasteiger partial charge in [0.15, 0.2) is 6.04 Å². The smallest absolute Gasteiger partial charge is 0.333 e. The molecule has 0 bridgehead atoms. The molecule has 0 unspecified atom stereocenters. The van der Waals surface area contributed by atoms with E-state index in [0.29, 0.717) is 16.3 Å². The summed E-state index contributed by atoms with van der Waals surface area (Å²) in [5.74, 6) is -0.416. The van der Waals surface area contributed by atoms with Gasteiger partial charge in [-0.25, -0.2) is 4.79 Å². The van der Waals surface area contributed by atoms with Crippen LogP contribution in [0.3, 0.4) is 0 Å². The van der Waals surface area contributed by atoms with Crippen molar-refractivity contribution in [1.82, 2.24) is 5.32 Å². The highest BCUT2D eigenvalue weighted by atomic mass is 35.5. The molecule has 0 fully saturated rings. The molecule has 5 nitrogen and oxygen atoms in total. The molecule has 0 saturated heterocycles. The Morgan fingerprint density at radius 2 is 1.92 bits per heavy atom. The third kappa shape index (κ3) is 4.73. The fourth-order valence-corrected chi connectivity index (χ4v) is 2.44. The molecule has 0 spiro atoms. The molecule has 126 valence electrons. The Balaban J connectivity index is 2.24. The Kier molecular flexibility index (Phi) is 6.21. The molecule has 0 saturated carbocycles. The van der Waals surface area contributed by atoms with E-state index in [-0.39, 0.29) is 12.5 Å². The number of hydrogen-bond acceptors (Lipinski definition) is 4. The topological polar surface area (TPSA) is 64.6 Å². The van der Waals surface area contributed by atoms with Crippen LogP contribution in [0.2, 0.25) is 5.02 Å². The molecule has 6 heteroatoms. The zero-order valence-corrected chi connectivity index (χ0v) is 14.2. The predicted molar refractivity (Wildman–Crippen MR) is 90.8 cm³/mol. The minimum absolute atomic E-state index is 0.283. The SMILES string of the molecule is COC(=O)[C@H](NC(C)=O)c1ccccc1OCc1cccc(Cl)c1. The Labute approximate surface area is 145 Å². The van der Waals surface area contributed by atoms with Crippen LogP contribution in [0.15, 0.2) is 48.5 Å². The molecule has 2 aromatic carbocycles. The number of rotatable bonds is 6. The number of para-hydroxylation sites is 1. The lowest BCUT2D eigenvalue weighted by Gasteiger charge is -2.19. The van der Waals surface area contributed by atoms with Gasteiger partial charge in [-0.2, -0.15) is 0 Å². The number of benzene rings is 2. The molecule has 0 aliphatic heterocycles. The van der Waals surface area contributed by atoms with Crippen LogP contribution in [-0.4, -0.2) is 19.0 Å². The first-order valence-corrected chi connectivity index (χ1v) is 7.70. The van der Waals surface area contributed by atoms with Gasteiger partial charge < -0.3 is 14.8 Å². The molecule has 0 aromatic heterocycles. The number of ether oxygens (including phenoxy) is 2. The van der Waals surface area contributed by atoms with Gasteiger partial charge >= 0.3 is 5.97 Å². The molecular formula is C18H18ClNO4. The lowest BCUT2D eigenvalue weighted by Crippen LogP contribution is -2.33. The van der Waals surface area contributed by atoms with Crippen molar-refractivity contribution in [1.29, 1.82) is 0 Å². The van der Waals surface area contributed by atoms with Crippen LogP contribution in [0, 0.1) is 0 Å². The van der Waals surface area contributed by atoms with Crippen molar-refractivity contribution in [3.8, 4) is 5.75 Å². The minimum Gasteiger partial charge on any atom is -0.489 e. The van der Waals surface area contributed by atoms with Crippen LogP contribution >= 0.6 is 11.6 Å². The van der Waals surface area contributed by atoms with E-state index in [4.69, 9.17) is 21.1 Å². The van der Waals surface area contributed by atoms with Crippen LogP contribution in [0.25, 0.3) is 0 Å². The monoisotopic (exact) mass is 347 g/mol. The summed E-state index contributed by atoms with van der Waals surface area (Å²) in [6.07, 6.45) is 0. The van der Waals surface area contributed by atoms with Crippen molar-refractivity contribution < 1.29 is 19.1 Å². The van der Waals surface area contributed by atoms with Gasteiger partial charge in [0, 0.05) is 17.5 Å². The molecule has 1 amide bonds. The van der Waals surface area contributed by atoms with E-state index < -0.39 is 12.0 Å². The average Bonchev–Trinajstić information content (AvgIpc) is 2.57. The van der Waals surface area contributed by atoms with E-state index in [9.17, 15) is 9.59 Å². The Hall–Kier alpha value is -2.53. The summed E-state index contributed by atoms with van der Waals surface area (Å²) in [5, 5.41) is 3.20. The first kappa shape index (κ1) is 17.8. The third-order valence-electron chi connectivity index (χ3n) is 3.30. The number of methoxy groups -OCH3 is 1. The van der Waals surface area contributed by atoms with Crippen LogP contribution in [0.1, 0.15) is 24.1 Å². The zero-order valence-electron chi connectivity index (χ0n) is 13.4. The average molecular weight is 348 g/mol. The molecule has 0 aliphatic rings. The van der Waals surface area contributed by atoms with E-state index in [1.165, 1.54) is 14.0 Å². The molecular weight excluding hydrogens is 330 g/mol. The normalized spacial score (nSPS) is 11.5. The van der Waals surface area contributed by atoms with Crippen LogP contribution in [0.4, 0.5) is 0 Å². The second-order valence-electron chi connectivity index (χ2n) is 5.11. The van der Waals surface area contributed by atoms with Gasteiger partial charge in [-0.15, -0.1) is 0 Å². The highest BCUT2D eigenvalue weighted by Gasteiger charge is 2.25. The largest absolute Gasteiger partial charge is 0.489 e. The van der Waals surface area contributed by atoms with Gasteiger partial charge in [-0.3, -0.25) is 4.79 Å².